The van der Waals surface area contributed by atoms with Crippen LogP contribution >= 0.6 is 15.9 Å². The van der Waals surface area contributed by atoms with Gasteiger partial charge in [-0.25, -0.2) is 0 Å². The molecule has 1 rings (SSSR count). The highest BCUT2D eigenvalue weighted by Gasteiger charge is 2.02. The molecule has 0 saturated carbocycles. The maximum Gasteiger partial charge on any atom is 0.142 e. The van der Waals surface area contributed by atoms with E-state index >= 15 is 0 Å². The summed E-state index contributed by atoms with van der Waals surface area (Å²) in [5.74, 6) is 0.797. The Balaban J connectivity index is 2.42. The third kappa shape index (κ3) is 4.38. The van der Waals surface area contributed by atoms with E-state index in [0.29, 0.717) is 19.8 Å². The second-order valence-corrected chi connectivity index (χ2v) is 4.02. The van der Waals surface area contributed by atoms with E-state index in [1.54, 1.807) is 7.11 Å². The van der Waals surface area contributed by atoms with Crippen LogP contribution in [0.2, 0.25) is 0 Å². The Labute approximate surface area is 104 Å². The number of anilines is 1. The van der Waals surface area contributed by atoms with Crippen molar-refractivity contribution in [3.05, 3.63) is 22.7 Å². The lowest BCUT2D eigenvalue weighted by atomic mass is 10.3. The van der Waals surface area contributed by atoms with E-state index in [9.17, 15) is 0 Å². The van der Waals surface area contributed by atoms with E-state index < -0.39 is 0 Å². The van der Waals surface area contributed by atoms with Gasteiger partial charge in [0.2, 0.25) is 0 Å². The molecule has 0 aliphatic rings. The standard InChI is InChI=1S/C11H16BrNO3/c1-15-11-3-2-9(12)8-10(11)13-4-6-16-7-5-14/h2-3,8,13-14H,4-7H2,1H3. The quantitative estimate of drug-likeness (QED) is 0.753. The van der Waals surface area contributed by atoms with Gasteiger partial charge in [0.15, 0.2) is 0 Å². The van der Waals surface area contributed by atoms with E-state index in [-0.39, 0.29) is 6.61 Å². The number of ether oxygens (including phenoxy) is 2. The van der Waals surface area contributed by atoms with E-state index in [1.807, 2.05) is 18.2 Å². The van der Waals surface area contributed by atoms with Crippen LogP contribution in [0.1, 0.15) is 0 Å². The highest BCUT2D eigenvalue weighted by molar-refractivity contribution is 9.10. The molecule has 0 aromatic heterocycles. The van der Waals surface area contributed by atoms with Crippen molar-refractivity contribution in [2.75, 3.05) is 38.8 Å². The van der Waals surface area contributed by atoms with Crippen LogP contribution in [0.15, 0.2) is 22.7 Å². The van der Waals surface area contributed by atoms with E-state index in [0.717, 1.165) is 15.9 Å². The lowest BCUT2D eigenvalue weighted by molar-refractivity contribution is 0.0992. The normalized spacial score (nSPS) is 10.2. The molecule has 2 N–H and O–H groups in total. The molecular weight excluding hydrogens is 274 g/mol. The molecule has 5 heteroatoms. The Kier molecular flexibility index (Phi) is 6.22. The average molecular weight is 290 g/mol. The van der Waals surface area contributed by atoms with Gasteiger partial charge in [-0.05, 0) is 18.2 Å². The minimum Gasteiger partial charge on any atom is -0.495 e. The molecule has 90 valence electrons. The Morgan fingerprint density at radius 3 is 2.88 bits per heavy atom. The molecule has 0 aliphatic carbocycles. The number of benzene rings is 1. The van der Waals surface area contributed by atoms with Gasteiger partial charge in [-0.15, -0.1) is 0 Å². The summed E-state index contributed by atoms with van der Waals surface area (Å²) in [5, 5.41) is 11.7. The number of hydrogen-bond donors (Lipinski definition) is 2. The second-order valence-electron chi connectivity index (χ2n) is 3.11. The number of hydrogen-bond acceptors (Lipinski definition) is 4. The van der Waals surface area contributed by atoms with Crippen molar-refractivity contribution in [2.24, 2.45) is 0 Å². The number of aliphatic hydroxyl groups excluding tert-OH is 1. The first-order chi connectivity index (χ1) is 7.77. The zero-order valence-electron chi connectivity index (χ0n) is 9.20. The lowest BCUT2D eigenvalue weighted by Gasteiger charge is -2.11. The van der Waals surface area contributed by atoms with Crippen LogP contribution in [-0.2, 0) is 4.74 Å². The van der Waals surface area contributed by atoms with E-state index in [4.69, 9.17) is 14.6 Å². The van der Waals surface area contributed by atoms with Crippen LogP contribution in [0, 0.1) is 0 Å². The summed E-state index contributed by atoms with van der Waals surface area (Å²) in [6, 6.07) is 5.76. The monoisotopic (exact) mass is 289 g/mol. The molecular formula is C11H16BrNO3. The highest BCUT2D eigenvalue weighted by atomic mass is 79.9. The largest absolute Gasteiger partial charge is 0.495 e. The fraction of sp³-hybridized carbons (Fsp3) is 0.455. The summed E-state index contributed by atoms with van der Waals surface area (Å²) in [4.78, 5) is 0. The number of rotatable bonds is 7. The third-order valence-corrected chi connectivity index (χ3v) is 2.45. The summed E-state index contributed by atoms with van der Waals surface area (Å²) < 4.78 is 11.4. The first-order valence-corrected chi connectivity index (χ1v) is 5.83. The van der Waals surface area contributed by atoms with Crippen molar-refractivity contribution in [3.8, 4) is 5.75 Å². The van der Waals surface area contributed by atoms with Gasteiger partial charge < -0.3 is 19.9 Å². The van der Waals surface area contributed by atoms with Crippen LogP contribution < -0.4 is 10.1 Å². The van der Waals surface area contributed by atoms with Gasteiger partial charge in [0.05, 0.1) is 32.6 Å². The summed E-state index contributed by atoms with van der Waals surface area (Å²) >= 11 is 3.40. The number of nitrogens with one attached hydrogen (secondary N) is 1. The predicted molar refractivity (Wildman–Crippen MR) is 67.1 cm³/mol. The number of methoxy groups -OCH3 is 1. The van der Waals surface area contributed by atoms with Gasteiger partial charge in [0, 0.05) is 11.0 Å². The first kappa shape index (κ1) is 13.3. The number of halogens is 1. The molecule has 0 aliphatic heterocycles. The molecule has 16 heavy (non-hydrogen) atoms. The molecule has 0 spiro atoms. The van der Waals surface area contributed by atoms with Gasteiger partial charge in [-0.1, -0.05) is 15.9 Å². The number of aliphatic hydroxyl groups is 1. The van der Waals surface area contributed by atoms with Crippen molar-refractivity contribution >= 4 is 21.6 Å². The predicted octanol–water partition coefficient (Wildman–Crippen LogP) is 1.88. The molecule has 0 amide bonds. The summed E-state index contributed by atoms with van der Waals surface area (Å²) in [5.41, 5.74) is 0.921. The topological polar surface area (TPSA) is 50.7 Å². The van der Waals surface area contributed by atoms with Crippen LogP contribution in [-0.4, -0.2) is 38.6 Å². The molecule has 0 bridgehead atoms. The smallest absolute Gasteiger partial charge is 0.142 e. The van der Waals surface area contributed by atoms with Crippen LogP contribution in [0.5, 0.6) is 5.75 Å². The average Bonchev–Trinajstić information content (AvgIpc) is 2.29. The Morgan fingerprint density at radius 1 is 1.38 bits per heavy atom. The molecule has 0 saturated heterocycles. The SMILES string of the molecule is COc1ccc(Br)cc1NCCOCCO. The summed E-state index contributed by atoms with van der Waals surface area (Å²) in [6.07, 6.45) is 0. The third-order valence-electron chi connectivity index (χ3n) is 1.96. The van der Waals surface area contributed by atoms with E-state index in [1.165, 1.54) is 0 Å². The zero-order chi connectivity index (χ0) is 11.8. The van der Waals surface area contributed by atoms with Crippen molar-refractivity contribution in [2.45, 2.75) is 0 Å². The van der Waals surface area contributed by atoms with Gasteiger partial charge in [-0.3, -0.25) is 0 Å². The lowest BCUT2D eigenvalue weighted by Crippen LogP contribution is -2.11. The molecule has 4 nitrogen and oxygen atoms in total. The van der Waals surface area contributed by atoms with Gasteiger partial charge in [0.25, 0.3) is 0 Å². The second kappa shape index (κ2) is 7.49. The fourth-order valence-corrected chi connectivity index (χ4v) is 1.60. The minimum absolute atomic E-state index is 0.0558. The highest BCUT2D eigenvalue weighted by Crippen LogP contribution is 2.27. The molecule has 0 fully saturated rings. The van der Waals surface area contributed by atoms with Crippen LogP contribution in [0.3, 0.4) is 0 Å². The minimum atomic E-state index is 0.0558. The van der Waals surface area contributed by atoms with Crippen LogP contribution in [0.4, 0.5) is 5.69 Å². The Bertz CT molecular complexity index is 320. The van der Waals surface area contributed by atoms with Crippen LogP contribution in [0.25, 0.3) is 0 Å². The summed E-state index contributed by atoms with van der Waals surface area (Å²) in [7, 11) is 1.64. The maximum atomic E-state index is 8.53. The van der Waals surface area contributed by atoms with Crippen molar-refractivity contribution in [1.82, 2.24) is 0 Å². The first-order valence-electron chi connectivity index (χ1n) is 5.04. The molecule has 1 aromatic rings. The molecule has 0 atom stereocenters. The Morgan fingerprint density at radius 2 is 2.19 bits per heavy atom. The van der Waals surface area contributed by atoms with Gasteiger partial charge >= 0.3 is 0 Å². The van der Waals surface area contributed by atoms with Crippen molar-refractivity contribution < 1.29 is 14.6 Å². The molecule has 0 heterocycles. The van der Waals surface area contributed by atoms with Crippen molar-refractivity contribution in [1.29, 1.82) is 0 Å². The zero-order valence-corrected chi connectivity index (χ0v) is 10.8. The molecule has 1 aromatic carbocycles. The van der Waals surface area contributed by atoms with Crippen molar-refractivity contribution in [3.63, 3.8) is 0 Å². The molecule has 0 unspecified atom stereocenters. The molecule has 0 radical (unpaired) electrons. The maximum absolute atomic E-state index is 8.53. The van der Waals surface area contributed by atoms with E-state index in [2.05, 4.69) is 21.2 Å². The van der Waals surface area contributed by atoms with Gasteiger partial charge in [0.1, 0.15) is 5.75 Å². The summed E-state index contributed by atoms with van der Waals surface area (Å²) in [6.45, 7) is 1.65. The van der Waals surface area contributed by atoms with Gasteiger partial charge in [-0.2, -0.15) is 0 Å². The fourth-order valence-electron chi connectivity index (χ4n) is 1.24. The Hall–Kier alpha value is -0.780.